The summed E-state index contributed by atoms with van der Waals surface area (Å²) in [5.74, 6) is 0. The Labute approximate surface area is 130 Å². The van der Waals surface area contributed by atoms with Crippen molar-refractivity contribution in [2.75, 3.05) is 13.2 Å². The van der Waals surface area contributed by atoms with Crippen molar-refractivity contribution in [1.82, 2.24) is 15.1 Å². The van der Waals surface area contributed by atoms with Gasteiger partial charge in [0.1, 0.15) is 0 Å². The first-order valence-corrected chi connectivity index (χ1v) is 8.22. The Morgan fingerprint density at radius 3 is 2.52 bits per heavy atom. The topological polar surface area (TPSA) is 39.1 Å². The predicted molar refractivity (Wildman–Crippen MR) is 88.5 cm³/mol. The molecule has 0 saturated carbocycles. The van der Waals surface area contributed by atoms with Crippen molar-refractivity contribution in [2.24, 2.45) is 12.5 Å². The third-order valence-electron chi connectivity index (χ3n) is 3.86. The summed E-state index contributed by atoms with van der Waals surface area (Å²) in [6, 6.07) is 2.48. The predicted octanol–water partition coefficient (Wildman–Crippen LogP) is 3.17. The fraction of sp³-hybridized carbons (Fsp3) is 0.824. The van der Waals surface area contributed by atoms with Gasteiger partial charge in [0.15, 0.2) is 0 Å². The number of rotatable bonds is 9. The monoisotopic (exact) mass is 295 g/mol. The van der Waals surface area contributed by atoms with Crippen molar-refractivity contribution >= 4 is 0 Å². The molecule has 2 unspecified atom stereocenters. The molecule has 1 aromatic heterocycles. The van der Waals surface area contributed by atoms with Crippen LogP contribution in [-0.2, 0) is 18.2 Å². The van der Waals surface area contributed by atoms with Crippen LogP contribution in [0.15, 0.2) is 12.3 Å². The van der Waals surface area contributed by atoms with Crippen LogP contribution in [0.25, 0.3) is 0 Å². The summed E-state index contributed by atoms with van der Waals surface area (Å²) in [6.07, 6.45) is 5.33. The molecule has 0 aliphatic carbocycles. The summed E-state index contributed by atoms with van der Waals surface area (Å²) in [6.45, 7) is 12.9. The third-order valence-corrected chi connectivity index (χ3v) is 3.86. The molecule has 0 aliphatic rings. The van der Waals surface area contributed by atoms with Crippen LogP contribution in [0.4, 0.5) is 0 Å². The Kier molecular flexibility index (Phi) is 7.40. The van der Waals surface area contributed by atoms with Crippen LogP contribution in [0, 0.1) is 5.41 Å². The minimum Gasteiger partial charge on any atom is -0.376 e. The fourth-order valence-electron chi connectivity index (χ4n) is 2.79. The van der Waals surface area contributed by atoms with Gasteiger partial charge >= 0.3 is 0 Å². The van der Waals surface area contributed by atoms with Gasteiger partial charge in [-0.05, 0) is 44.2 Å². The Balaban J connectivity index is 2.74. The largest absolute Gasteiger partial charge is 0.376 e. The second kappa shape index (κ2) is 8.54. The number of hydrogen-bond donors (Lipinski definition) is 1. The first-order valence-electron chi connectivity index (χ1n) is 8.22. The van der Waals surface area contributed by atoms with E-state index in [9.17, 15) is 0 Å². The van der Waals surface area contributed by atoms with Gasteiger partial charge in [0.25, 0.3) is 0 Å². The van der Waals surface area contributed by atoms with Crippen LogP contribution in [0.1, 0.15) is 53.2 Å². The molecule has 0 aliphatic heterocycles. The van der Waals surface area contributed by atoms with Gasteiger partial charge < -0.3 is 10.1 Å². The van der Waals surface area contributed by atoms with Gasteiger partial charge in [-0.3, -0.25) is 4.68 Å². The lowest BCUT2D eigenvalue weighted by atomic mass is 9.82. The van der Waals surface area contributed by atoms with E-state index in [4.69, 9.17) is 4.74 Å². The van der Waals surface area contributed by atoms with Crippen LogP contribution in [0.5, 0.6) is 0 Å². The van der Waals surface area contributed by atoms with Gasteiger partial charge in [-0.1, -0.05) is 27.7 Å². The SMILES string of the molecule is CCCNC(CCc1ccnn1C)C(OCC)C(C)(C)C. The summed E-state index contributed by atoms with van der Waals surface area (Å²) < 4.78 is 8.04. The van der Waals surface area contributed by atoms with Crippen molar-refractivity contribution in [3.05, 3.63) is 18.0 Å². The van der Waals surface area contributed by atoms with Crippen LogP contribution >= 0.6 is 0 Å². The van der Waals surface area contributed by atoms with Crippen LogP contribution in [-0.4, -0.2) is 35.1 Å². The number of nitrogens with zero attached hydrogens (tertiary/aromatic N) is 2. The lowest BCUT2D eigenvalue weighted by Gasteiger charge is -2.37. The van der Waals surface area contributed by atoms with E-state index in [0.29, 0.717) is 6.04 Å². The van der Waals surface area contributed by atoms with Crippen molar-refractivity contribution in [1.29, 1.82) is 0 Å². The maximum absolute atomic E-state index is 6.08. The molecule has 1 N–H and O–H groups in total. The highest BCUT2D eigenvalue weighted by Crippen LogP contribution is 2.27. The van der Waals surface area contributed by atoms with Crippen LogP contribution in [0.2, 0.25) is 0 Å². The van der Waals surface area contributed by atoms with Crippen molar-refractivity contribution in [3.8, 4) is 0 Å². The molecule has 122 valence electrons. The van der Waals surface area contributed by atoms with E-state index in [0.717, 1.165) is 32.4 Å². The molecule has 0 saturated heterocycles. The van der Waals surface area contributed by atoms with Gasteiger partial charge in [-0.15, -0.1) is 0 Å². The molecule has 0 fully saturated rings. The van der Waals surface area contributed by atoms with E-state index in [2.05, 4.69) is 51.1 Å². The fourth-order valence-corrected chi connectivity index (χ4v) is 2.79. The van der Waals surface area contributed by atoms with E-state index in [1.807, 2.05) is 17.9 Å². The van der Waals surface area contributed by atoms with Gasteiger partial charge in [-0.2, -0.15) is 5.10 Å². The normalized spacial score (nSPS) is 15.1. The minimum absolute atomic E-state index is 0.133. The summed E-state index contributed by atoms with van der Waals surface area (Å²) >= 11 is 0. The first kappa shape index (κ1) is 18.2. The molecule has 1 heterocycles. The first-order chi connectivity index (χ1) is 9.90. The molecule has 4 heteroatoms. The number of nitrogens with one attached hydrogen (secondary N) is 1. The lowest BCUT2D eigenvalue weighted by molar-refractivity contribution is -0.0373. The molecule has 4 nitrogen and oxygen atoms in total. The molecular formula is C17H33N3O. The number of ether oxygens (including phenoxy) is 1. The van der Waals surface area contributed by atoms with E-state index in [1.165, 1.54) is 5.69 Å². The second-order valence-electron chi connectivity index (χ2n) is 6.79. The molecule has 0 aromatic carbocycles. The van der Waals surface area contributed by atoms with Gasteiger partial charge in [-0.25, -0.2) is 0 Å². The molecule has 21 heavy (non-hydrogen) atoms. The zero-order chi connectivity index (χ0) is 15.9. The van der Waals surface area contributed by atoms with Crippen molar-refractivity contribution < 1.29 is 4.74 Å². The quantitative estimate of drug-likeness (QED) is 0.760. The maximum Gasteiger partial charge on any atom is 0.0776 e. The molecular weight excluding hydrogens is 262 g/mol. The zero-order valence-corrected chi connectivity index (χ0v) is 14.6. The standard InChI is InChI=1S/C17H33N3O/c1-7-12-18-15(16(21-8-2)17(3,4)5)10-9-14-11-13-19-20(14)6/h11,13,15-16,18H,7-10,12H2,1-6H3. The second-order valence-corrected chi connectivity index (χ2v) is 6.79. The highest BCUT2D eigenvalue weighted by molar-refractivity contribution is 5.01. The summed E-state index contributed by atoms with van der Waals surface area (Å²) in [5.41, 5.74) is 1.41. The summed E-state index contributed by atoms with van der Waals surface area (Å²) in [5, 5.41) is 7.94. The Morgan fingerprint density at radius 1 is 1.33 bits per heavy atom. The maximum atomic E-state index is 6.08. The third kappa shape index (κ3) is 5.79. The number of aryl methyl sites for hydroxylation is 2. The Morgan fingerprint density at radius 2 is 2.05 bits per heavy atom. The van der Waals surface area contributed by atoms with Crippen LogP contribution < -0.4 is 5.32 Å². The number of aromatic nitrogens is 2. The molecule has 2 atom stereocenters. The van der Waals surface area contributed by atoms with Crippen molar-refractivity contribution in [3.63, 3.8) is 0 Å². The lowest BCUT2D eigenvalue weighted by Crippen LogP contribution is -2.48. The van der Waals surface area contributed by atoms with E-state index in [-0.39, 0.29) is 11.5 Å². The van der Waals surface area contributed by atoms with Gasteiger partial charge in [0, 0.05) is 31.6 Å². The molecule has 0 spiro atoms. The highest BCUT2D eigenvalue weighted by atomic mass is 16.5. The number of hydrogen-bond acceptors (Lipinski definition) is 3. The molecule has 1 aromatic rings. The van der Waals surface area contributed by atoms with Crippen LogP contribution in [0.3, 0.4) is 0 Å². The molecule has 0 bridgehead atoms. The minimum atomic E-state index is 0.133. The van der Waals surface area contributed by atoms with E-state index < -0.39 is 0 Å². The van der Waals surface area contributed by atoms with Gasteiger partial charge in [0.05, 0.1) is 6.10 Å². The molecule has 0 amide bonds. The van der Waals surface area contributed by atoms with Gasteiger partial charge in [0.2, 0.25) is 0 Å². The molecule has 0 radical (unpaired) electrons. The average Bonchev–Trinajstić information content (AvgIpc) is 2.81. The zero-order valence-electron chi connectivity index (χ0n) is 14.6. The van der Waals surface area contributed by atoms with Crippen molar-refractivity contribution in [2.45, 2.75) is 66.0 Å². The average molecular weight is 295 g/mol. The smallest absolute Gasteiger partial charge is 0.0776 e. The van der Waals surface area contributed by atoms with E-state index >= 15 is 0 Å². The summed E-state index contributed by atoms with van der Waals surface area (Å²) in [4.78, 5) is 0. The Bertz CT molecular complexity index is 395. The summed E-state index contributed by atoms with van der Waals surface area (Å²) in [7, 11) is 2.01. The van der Waals surface area contributed by atoms with E-state index in [1.54, 1.807) is 0 Å². The Hall–Kier alpha value is -0.870. The molecule has 1 rings (SSSR count). The highest BCUT2D eigenvalue weighted by Gasteiger charge is 2.32.